The summed E-state index contributed by atoms with van der Waals surface area (Å²) in [4.78, 5) is 14.7. The molecule has 0 bridgehead atoms. The lowest BCUT2D eigenvalue weighted by Gasteiger charge is -2.35. The van der Waals surface area contributed by atoms with Gasteiger partial charge in [0.15, 0.2) is 0 Å². The highest BCUT2D eigenvalue weighted by atomic mass is 32.2. The Hall–Kier alpha value is -1.34. The van der Waals surface area contributed by atoms with Gasteiger partial charge in [0, 0.05) is 30.5 Å². The number of carbonyl (C=O) groups is 1. The van der Waals surface area contributed by atoms with Crippen molar-refractivity contribution in [3.63, 3.8) is 0 Å². The fourth-order valence-electron chi connectivity index (χ4n) is 3.57. The zero-order valence-corrected chi connectivity index (χ0v) is 16.0. The number of fused-ring (bicyclic) bond motifs is 1. The predicted octanol–water partition coefficient (Wildman–Crippen LogP) is 3.80. The molecular weight excluding hydrogens is 354 g/mol. The lowest BCUT2D eigenvalue weighted by molar-refractivity contribution is -0.117. The van der Waals surface area contributed by atoms with E-state index in [9.17, 15) is 9.90 Å². The summed E-state index contributed by atoms with van der Waals surface area (Å²) in [6, 6.07) is 8.28. The maximum atomic E-state index is 11.8. The molecule has 0 spiro atoms. The van der Waals surface area contributed by atoms with Crippen molar-refractivity contribution < 1.29 is 14.6 Å². The van der Waals surface area contributed by atoms with Gasteiger partial charge >= 0.3 is 0 Å². The molecule has 4 nitrogen and oxygen atoms in total. The summed E-state index contributed by atoms with van der Waals surface area (Å²) in [6.45, 7) is 2.61. The molecule has 0 unspecified atom stereocenters. The first kappa shape index (κ1) is 17.1. The molecule has 0 aliphatic carbocycles. The van der Waals surface area contributed by atoms with Crippen LogP contribution in [-0.2, 0) is 21.6 Å². The Labute approximate surface area is 155 Å². The third kappa shape index (κ3) is 3.24. The Bertz CT molecular complexity index is 819. The number of hydrogen-bond acceptors (Lipinski definition) is 5. The van der Waals surface area contributed by atoms with Gasteiger partial charge in [-0.2, -0.15) is 0 Å². The minimum atomic E-state index is -0.778. The van der Waals surface area contributed by atoms with Gasteiger partial charge in [0.1, 0.15) is 0 Å². The minimum Gasteiger partial charge on any atom is -0.385 e. The fraction of sp³-hybridized carbons (Fsp3) is 0.421. The maximum Gasteiger partial charge on any atom is 0.231 e. The first-order valence-electron chi connectivity index (χ1n) is 8.45. The molecule has 3 heterocycles. The van der Waals surface area contributed by atoms with Crippen LogP contribution in [0.15, 0.2) is 38.8 Å². The van der Waals surface area contributed by atoms with Crippen LogP contribution in [0.25, 0.3) is 0 Å². The molecule has 2 aliphatic heterocycles. The summed E-state index contributed by atoms with van der Waals surface area (Å²) in [5, 5.41) is 13.0. The van der Waals surface area contributed by atoms with E-state index in [0.717, 1.165) is 25.9 Å². The van der Waals surface area contributed by atoms with Crippen LogP contribution in [-0.4, -0.2) is 30.8 Å². The second-order valence-corrected chi connectivity index (χ2v) is 9.13. The zero-order chi connectivity index (χ0) is 17.6. The van der Waals surface area contributed by atoms with Gasteiger partial charge < -0.3 is 14.7 Å². The summed E-state index contributed by atoms with van der Waals surface area (Å²) < 4.78 is 6.72. The van der Waals surface area contributed by atoms with Crippen LogP contribution in [0.4, 0.5) is 5.69 Å². The smallest absolute Gasteiger partial charge is 0.231 e. The number of hydrogen-bond donors (Lipinski definition) is 1. The van der Waals surface area contributed by atoms with Crippen molar-refractivity contribution in [2.75, 3.05) is 18.6 Å². The van der Waals surface area contributed by atoms with Crippen LogP contribution in [0, 0.1) is 0 Å². The molecule has 25 heavy (non-hydrogen) atoms. The number of benzene rings is 1. The first-order chi connectivity index (χ1) is 11.9. The lowest BCUT2D eigenvalue weighted by atomic mass is 9.86. The number of likely N-dealkylation sites (N-methyl/N-ethyl adjacent to an activating group) is 1. The molecule has 1 fully saturated rings. The van der Waals surface area contributed by atoms with Gasteiger partial charge in [-0.3, -0.25) is 4.79 Å². The summed E-state index contributed by atoms with van der Waals surface area (Å²) >= 11 is 3.34. The highest BCUT2D eigenvalue weighted by Crippen LogP contribution is 2.42. The normalized spacial score (nSPS) is 26.1. The molecule has 1 aromatic heterocycles. The molecule has 0 saturated carbocycles. The number of rotatable bonds is 3. The summed E-state index contributed by atoms with van der Waals surface area (Å²) in [5.41, 5.74) is 2.31. The Morgan fingerprint density at radius 2 is 2.24 bits per heavy atom. The molecule has 2 aromatic rings. The third-order valence-corrected chi connectivity index (χ3v) is 7.07. The summed E-state index contributed by atoms with van der Waals surface area (Å²) in [5.74, 6) is 0.145. The number of aliphatic hydroxyl groups is 1. The minimum absolute atomic E-state index is 0.0843. The molecule has 1 N–H and O–H groups in total. The molecule has 1 saturated heterocycles. The van der Waals surface area contributed by atoms with Crippen molar-refractivity contribution in [1.82, 2.24) is 0 Å². The predicted molar refractivity (Wildman–Crippen MR) is 101 cm³/mol. The lowest BCUT2D eigenvalue weighted by Crippen LogP contribution is -2.37. The molecule has 1 amide bonds. The van der Waals surface area contributed by atoms with Crippen molar-refractivity contribution in [2.45, 2.75) is 47.0 Å². The van der Waals surface area contributed by atoms with Crippen LogP contribution < -0.4 is 4.90 Å². The van der Waals surface area contributed by atoms with Crippen LogP contribution in [0.3, 0.4) is 0 Å². The van der Waals surface area contributed by atoms with Crippen LogP contribution in [0.2, 0.25) is 0 Å². The van der Waals surface area contributed by atoms with Crippen LogP contribution in [0.1, 0.15) is 30.9 Å². The Morgan fingerprint density at radius 3 is 3.04 bits per heavy atom. The van der Waals surface area contributed by atoms with Crippen LogP contribution >= 0.6 is 23.1 Å². The van der Waals surface area contributed by atoms with Crippen molar-refractivity contribution in [2.24, 2.45) is 0 Å². The Morgan fingerprint density at radius 1 is 1.40 bits per heavy atom. The van der Waals surface area contributed by atoms with Gasteiger partial charge in [-0.05, 0) is 47.7 Å². The molecule has 1 aromatic carbocycles. The van der Waals surface area contributed by atoms with E-state index in [1.807, 2.05) is 20.0 Å². The van der Waals surface area contributed by atoms with Gasteiger partial charge in [0.25, 0.3) is 0 Å². The number of carbonyl (C=O) groups excluding carboxylic acids is 1. The van der Waals surface area contributed by atoms with Crippen LogP contribution in [0.5, 0.6) is 0 Å². The fourth-order valence-corrected chi connectivity index (χ4v) is 5.67. The van der Waals surface area contributed by atoms with Gasteiger partial charge in [-0.1, -0.05) is 11.8 Å². The van der Waals surface area contributed by atoms with Gasteiger partial charge in [-0.25, -0.2) is 0 Å². The molecular formula is C19H21NO3S2. The van der Waals surface area contributed by atoms with E-state index in [4.69, 9.17) is 4.74 Å². The van der Waals surface area contributed by atoms with Gasteiger partial charge in [0.2, 0.25) is 5.91 Å². The topological polar surface area (TPSA) is 49.8 Å². The number of nitrogens with zero attached hydrogens (tertiary/aromatic N) is 1. The number of ether oxygens (including phenoxy) is 1. The average molecular weight is 376 g/mol. The SMILES string of the molecule is C[C@@H]1C[C@@](O)(c2csc(Sc3ccc4c(c3)CC(=O)N4C)c2)CCO1. The van der Waals surface area contributed by atoms with E-state index >= 15 is 0 Å². The second-order valence-electron chi connectivity index (χ2n) is 6.84. The molecule has 2 atom stereocenters. The largest absolute Gasteiger partial charge is 0.385 e. The van der Waals surface area contributed by atoms with E-state index in [0.29, 0.717) is 25.9 Å². The van der Waals surface area contributed by atoms with Crippen molar-refractivity contribution in [1.29, 1.82) is 0 Å². The number of anilines is 1. The molecule has 0 radical (unpaired) electrons. The molecule has 4 rings (SSSR count). The van der Waals surface area contributed by atoms with E-state index < -0.39 is 5.60 Å². The highest BCUT2D eigenvalue weighted by molar-refractivity contribution is 8.01. The van der Waals surface area contributed by atoms with Gasteiger partial charge in [0.05, 0.1) is 28.9 Å². The Kier molecular flexibility index (Phi) is 4.40. The van der Waals surface area contributed by atoms with Crippen molar-refractivity contribution in [3.8, 4) is 0 Å². The quantitative estimate of drug-likeness (QED) is 0.886. The number of thiophene rings is 1. The van der Waals surface area contributed by atoms with E-state index in [-0.39, 0.29) is 12.0 Å². The monoisotopic (exact) mass is 375 g/mol. The first-order valence-corrected chi connectivity index (χ1v) is 10.1. The molecule has 2 aliphatic rings. The second kappa shape index (κ2) is 6.43. The summed E-state index contributed by atoms with van der Waals surface area (Å²) in [6.07, 6.45) is 1.85. The van der Waals surface area contributed by atoms with E-state index in [1.54, 1.807) is 28.0 Å². The Balaban J connectivity index is 1.52. The third-order valence-electron chi connectivity index (χ3n) is 5.00. The maximum absolute atomic E-state index is 11.8. The van der Waals surface area contributed by atoms with E-state index in [1.165, 1.54) is 0 Å². The van der Waals surface area contributed by atoms with Crippen molar-refractivity contribution in [3.05, 3.63) is 40.8 Å². The van der Waals surface area contributed by atoms with E-state index in [2.05, 4.69) is 23.6 Å². The average Bonchev–Trinajstić information content (AvgIpc) is 3.13. The highest BCUT2D eigenvalue weighted by Gasteiger charge is 2.35. The zero-order valence-electron chi connectivity index (χ0n) is 14.3. The van der Waals surface area contributed by atoms with Gasteiger partial charge in [-0.15, -0.1) is 11.3 Å². The summed E-state index contributed by atoms with van der Waals surface area (Å²) in [7, 11) is 1.82. The molecule has 132 valence electrons. The number of amides is 1. The standard InChI is InChI=1S/C19H21NO3S2/c1-12-10-19(22,5-6-23-12)14-9-18(24-11-14)25-15-3-4-16-13(7-15)8-17(21)20(16)2/h3-4,7,9,11-12,22H,5-6,8,10H2,1-2H3/t12-,19-/m1/s1. The molecule has 6 heteroatoms. The van der Waals surface area contributed by atoms with Crippen molar-refractivity contribution >= 4 is 34.7 Å².